The smallest absolute Gasteiger partial charge is 0.227 e. The lowest BCUT2D eigenvalue weighted by atomic mass is 9.95. The van der Waals surface area contributed by atoms with Crippen LogP contribution in [0.2, 0.25) is 0 Å². The molecule has 1 aromatic heterocycles. The van der Waals surface area contributed by atoms with Crippen LogP contribution in [0.5, 0.6) is 5.75 Å². The van der Waals surface area contributed by atoms with E-state index in [1.165, 1.54) is 0 Å². The second kappa shape index (κ2) is 7.67. The van der Waals surface area contributed by atoms with Gasteiger partial charge in [-0.2, -0.15) is 5.26 Å². The number of pyridine rings is 1. The normalized spacial score (nSPS) is 19.5. The van der Waals surface area contributed by atoms with Crippen LogP contribution >= 0.6 is 0 Å². The molecule has 3 heterocycles. The largest absolute Gasteiger partial charge is 0.492 e. The molecular weight excluding hydrogens is 340 g/mol. The average Bonchev–Trinajstić information content (AvgIpc) is 2.74. The van der Waals surface area contributed by atoms with E-state index in [4.69, 9.17) is 4.74 Å². The average molecular weight is 362 g/mol. The molecule has 0 radical (unpaired) electrons. The summed E-state index contributed by atoms with van der Waals surface area (Å²) in [5.41, 5.74) is 1.69. The number of amides is 1. The van der Waals surface area contributed by atoms with Crippen molar-refractivity contribution >= 4 is 11.7 Å². The summed E-state index contributed by atoms with van der Waals surface area (Å²) in [4.78, 5) is 19.1. The van der Waals surface area contributed by atoms with Gasteiger partial charge in [-0.3, -0.25) is 4.79 Å². The van der Waals surface area contributed by atoms with Gasteiger partial charge >= 0.3 is 0 Å². The SMILES string of the molecule is N#Cc1cccnc1N1CCC(NC(=O)[C@H]2COc3ccccc3C2)CC1. The van der Waals surface area contributed by atoms with Crippen LogP contribution in [0.3, 0.4) is 0 Å². The number of carbonyl (C=O) groups is 1. The number of ether oxygens (including phenoxy) is 1. The highest BCUT2D eigenvalue weighted by atomic mass is 16.5. The first-order chi connectivity index (χ1) is 13.2. The maximum atomic E-state index is 12.7. The summed E-state index contributed by atoms with van der Waals surface area (Å²) in [7, 11) is 0. The summed E-state index contributed by atoms with van der Waals surface area (Å²) in [5, 5.41) is 12.4. The van der Waals surface area contributed by atoms with Gasteiger partial charge in [-0.25, -0.2) is 4.98 Å². The zero-order valence-corrected chi connectivity index (χ0v) is 15.1. The Bertz CT molecular complexity index is 868. The minimum absolute atomic E-state index is 0.0681. The topological polar surface area (TPSA) is 78.3 Å². The number of hydrogen-bond donors (Lipinski definition) is 1. The summed E-state index contributed by atoms with van der Waals surface area (Å²) >= 11 is 0. The Hall–Kier alpha value is -3.07. The molecule has 6 nitrogen and oxygen atoms in total. The van der Waals surface area contributed by atoms with Crippen LogP contribution in [0, 0.1) is 17.2 Å². The molecule has 0 unspecified atom stereocenters. The van der Waals surface area contributed by atoms with Gasteiger partial charge in [0.2, 0.25) is 5.91 Å². The van der Waals surface area contributed by atoms with Gasteiger partial charge in [-0.05, 0) is 43.0 Å². The minimum atomic E-state index is -0.140. The maximum absolute atomic E-state index is 12.7. The van der Waals surface area contributed by atoms with Crippen molar-refractivity contribution < 1.29 is 9.53 Å². The third-order valence-electron chi connectivity index (χ3n) is 5.30. The lowest BCUT2D eigenvalue weighted by molar-refractivity contribution is -0.127. The van der Waals surface area contributed by atoms with Crippen molar-refractivity contribution in [1.82, 2.24) is 10.3 Å². The molecule has 0 aliphatic carbocycles. The molecule has 4 rings (SSSR count). The van der Waals surface area contributed by atoms with Crippen molar-refractivity contribution in [3.05, 3.63) is 53.7 Å². The van der Waals surface area contributed by atoms with Crippen LogP contribution in [-0.4, -0.2) is 36.6 Å². The molecule has 2 aromatic rings. The number of para-hydroxylation sites is 1. The Balaban J connectivity index is 1.32. The molecule has 1 amide bonds. The van der Waals surface area contributed by atoms with Gasteiger partial charge in [0, 0.05) is 25.3 Å². The molecule has 1 N–H and O–H groups in total. The molecule has 1 atom stereocenters. The zero-order chi connectivity index (χ0) is 18.6. The van der Waals surface area contributed by atoms with Crippen molar-refractivity contribution in [2.45, 2.75) is 25.3 Å². The third kappa shape index (κ3) is 3.72. The number of benzene rings is 1. The number of nitrogens with zero attached hydrogens (tertiary/aromatic N) is 3. The van der Waals surface area contributed by atoms with Crippen molar-refractivity contribution in [1.29, 1.82) is 5.26 Å². The Morgan fingerprint density at radius 2 is 2.04 bits per heavy atom. The highest BCUT2D eigenvalue weighted by Crippen LogP contribution is 2.27. The quantitative estimate of drug-likeness (QED) is 0.906. The Morgan fingerprint density at radius 3 is 2.85 bits per heavy atom. The lowest BCUT2D eigenvalue weighted by Gasteiger charge is -2.34. The number of nitrogens with one attached hydrogen (secondary N) is 1. The number of carbonyl (C=O) groups excluding carboxylic acids is 1. The summed E-state index contributed by atoms with van der Waals surface area (Å²) in [6.45, 7) is 1.99. The van der Waals surface area contributed by atoms with Gasteiger partial charge in [-0.1, -0.05) is 18.2 Å². The maximum Gasteiger partial charge on any atom is 0.227 e. The van der Waals surface area contributed by atoms with Crippen molar-refractivity contribution in [2.75, 3.05) is 24.6 Å². The molecule has 1 fully saturated rings. The van der Waals surface area contributed by atoms with Gasteiger partial charge in [0.25, 0.3) is 0 Å². The zero-order valence-electron chi connectivity index (χ0n) is 15.1. The Morgan fingerprint density at radius 1 is 1.22 bits per heavy atom. The number of rotatable bonds is 3. The third-order valence-corrected chi connectivity index (χ3v) is 5.30. The van der Waals surface area contributed by atoms with Crippen LogP contribution in [0.25, 0.3) is 0 Å². The molecule has 138 valence electrons. The van der Waals surface area contributed by atoms with Crippen molar-refractivity contribution in [3.63, 3.8) is 0 Å². The van der Waals surface area contributed by atoms with Crippen LogP contribution < -0.4 is 15.0 Å². The van der Waals surface area contributed by atoms with Crippen molar-refractivity contribution in [2.24, 2.45) is 5.92 Å². The van der Waals surface area contributed by atoms with E-state index in [1.807, 2.05) is 24.3 Å². The molecule has 0 spiro atoms. The molecule has 1 saturated heterocycles. The predicted octanol–water partition coefficient (Wildman–Crippen LogP) is 2.29. The molecule has 1 aromatic carbocycles. The number of nitriles is 1. The van der Waals surface area contributed by atoms with Crippen LogP contribution in [0.4, 0.5) is 5.82 Å². The van der Waals surface area contributed by atoms with E-state index in [2.05, 4.69) is 21.3 Å². The number of aromatic nitrogens is 1. The van der Waals surface area contributed by atoms with E-state index in [0.29, 0.717) is 12.2 Å². The van der Waals surface area contributed by atoms with Gasteiger partial charge in [-0.15, -0.1) is 0 Å². The van der Waals surface area contributed by atoms with E-state index in [0.717, 1.165) is 49.5 Å². The van der Waals surface area contributed by atoms with Gasteiger partial charge < -0.3 is 15.0 Å². The summed E-state index contributed by atoms with van der Waals surface area (Å²) in [6.07, 6.45) is 4.12. The van der Waals surface area contributed by atoms with Gasteiger partial charge in [0.1, 0.15) is 24.2 Å². The fraction of sp³-hybridized carbons (Fsp3) is 0.381. The number of piperidine rings is 1. The minimum Gasteiger partial charge on any atom is -0.492 e. The first-order valence-electron chi connectivity index (χ1n) is 9.35. The Labute approximate surface area is 158 Å². The van der Waals surface area contributed by atoms with Crippen LogP contribution in [-0.2, 0) is 11.2 Å². The molecular formula is C21H22N4O2. The van der Waals surface area contributed by atoms with Gasteiger partial charge in [0.05, 0.1) is 11.5 Å². The number of fused-ring (bicyclic) bond motifs is 1. The second-order valence-corrected chi connectivity index (χ2v) is 7.08. The van der Waals surface area contributed by atoms with Crippen LogP contribution in [0.15, 0.2) is 42.6 Å². The summed E-state index contributed by atoms with van der Waals surface area (Å²) in [6, 6.07) is 13.8. The standard InChI is InChI=1S/C21H22N4O2/c22-13-16-5-3-9-23-20(16)25-10-7-18(8-11-25)24-21(26)17-12-15-4-1-2-6-19(15)27-14-17/h1-6,9,17-18H,7-8,10-12,14H2,(H,24,26)/t17-/m1/s1. The first-order valence-corrected chi connectivity index (χ1v) is 9.35. The monoisotopic (exact) mass is 362 g/mol. The highest BCUT2D eigenvalue weighted by Gasteiger charge is 2.29. The van der Waals surface area contributed by atoms with E-state index >= 15 is 0 Å². The number of anilines is 1. The van der Waals surface area contributed by atoms with Gasteiger partial charge in [0.15, 0.2) is 0 Å². The van der Waals surface area contributed by atoms with Crippen molar-refractivity contribution in [3.8, 4) is 11.8 Å². The molecule has 2 aliphatic rings. The van der Waals surface area contributed by atoms with E-state index in [1.54, 1.807) is 18.3 Å². The van der Waals surface area contributed by atoms with E-state index in [9.17, 15) is 10.1 Å². The Kier molecular flexibility index (Phi) is 4.93. The fourth-order valence-electron chi connectivity index (χ4n) is 3.79. The van der Waals surface area contributed by atoms with E-state index < -0.39 is 0 Å². The number of hydrogen-bond acceptors (Lipinski definition) is 5. The van der Waals surface area contributed by atoms with E-state index in [-0.39, 0.29) is 17.9 Å². The second-order valence-electron chi connectivity index (χ2n) is 7.08. The molecule has 0 saturated carbocycles. The molecule has 0 bridgehead atoms. The molecule has 6 heteroatoms. The molecule has 2 aliphatic heterocycles. The summed E-state index contributed by atoms with van der Waals surface area (Å²) < 4.78 is 5.74. The first kappa shape index (κ1) is 17.3. The molecule has 27 heavy (non-hydrogen) atoms. The summed E-state index contributed by atoms with van der Waals surface area (Å²) in [5.74, 6) is 1.55. The van der Waals surface area contributed by atoms with Crippen LogP contribution in [0.1, 0.15) is 24.0 Å². The fourth-order valence-corrected chi connectivity index (χ4v) is 3.79. The lowest BCUT2D eigenvalue weighted by Crippen LogP contribution is -2.48. The predicted molar refractivity (Wildman–Crippen MR) is 101 cm³/mol. The highest BCUT2D eigenvalue weighted by molar-refractivity contribution is 5.80.